The van der Waals surface area contributed by atoms with Crippen molar-refractivity contribution in [1.29, 1.82) is 0 Å². The van der Waals surface area contributed by atoms with Crippen molar-refractivity contribution in [2.24, 2.45) is 0 Å². The Kier molecular flexibility index (Phi) is 2.52. The summed E-state index contributed by atoms with van der Waals surface area (Å²) in [5.41, 5.74) is 2.74. The normalized spacial score (nSPS) is 17.7. The Balaban J connectivity index is 2.14. The number of aromatic nitrogens is 1. The van der Waals surface area contributed by atoms with Crippen molar-refractivity contribution in [3.63, 3.8) is 0 Å². The van der Waals surface area contributed by atoms with Crippen LogP contribution < -0.4 is 11.1 Å². The standard InChI is InChI=1S/C13H16N2O2/c1-9-2-3-11-12(8-9)17-13(16)15(11)10-4-6-14-7-5-10/h2-3,8,10,14H,4-7H2,1H3. The smallest absolute Gasteiger partial charge is 0.408 e. The molecule has 1 aliphatic heterocycles. The van der Waals surface area contributed by atoms with Gasteiger partial charge in [0.25, 0.3) is 0 Å². The summed E-state index contributed by atoms with van der Waals surface area (Å²) in [5, 5.41) is 3.31. The van der Waals surface area contributed by atoms with Crippen LogP contribution in [0.4, 0.5) is 0 Å². The largest absolute Gasteiger partial charge is 0.420 e. The summed E-state index contributed by atoms with van der Waals surface area (Å²) in [6.07, 6.45) is 1.98. The van der Waals surface area contributed by atoms with E-state index in [0.29, 0.717) is 5.58 Å². The molecule has 0 radical (unpaired) electrons. The summed E-state index contributed by atoms with van der Waals surface area (Å²) in [6.45, 7) is 3.94. The SMILES string of the molecule is Cc1ccc2c(c1)oc(=O)n2C1CCNCC1. The molecular formula is C13H16N2O2. The summed E-state index contributed by atoms with van der Waals surface area (Å²) < 4.78 is 7.14. The van der Waals surface area contributed by atoms with E-state index >= 15 is 0 Å². The van der Waals surface area contributed by atoms with Crippen LogP contribution in [0, 0.1) is 6.92 Å². The van der Waals surface area contributed by atoms with Crippen LogP contribution in [-0.4, -0.2) is 17.7 Å². The molecule has 0 bridgehead atoms. The van der Waals surface area contributed by atoms with Crippen molar-refractivity contribution in [2.75, 3.05) is 13.1 Å². The van der Waals surface area contributed by atoms with Crippen LogP contribution in [0.3, 0.4) is 0 Å². The lowest BCUT2D eigenvalue weighted by Gasteiger charge is -2.23. The summed E-state index contributed by atoms with van der Waals surface area (Å²) >= 11 is 0. The third-order valence-corrected chi connectivity index (χ3v) is 3.44. The number of piperidine rings is 1. The minimum atomic E-state index is -0.225. The van der Waals surface area contributed by atoms with Gasteiger partial charge in [0.05, 0.1) is 5.52 Å². The van der Waals surface area contributed by atoms with Gasteiger partial charge in [0.15, 0.2) is 5.58 Å². The maximum atomic E-state index is 11.9. The van der Waals surface area contributed by atoms with Crippen molar-refractivity contribution in [1.82, 2.24) is 9.88 Å². The van der Waals surface area contributed by atoms with Gasteiger partial charge in [-0.2, -0.15) is 0 Å². The van der Waals surface area contributed by atoms with Crippen LogP contribution in [0.25, 0.3) is 11.1 Å². The molecule has 17 heavy (non-hydrogen) atoms. The third kappa shape index (κ3) is 1.78. The first-order valence-electron chi connectivity index (χ1n) is 6.08. The van der Waals surface area contributed by atoms with E-state index in [0.717, 1.165) is 37.0 Å². The van der Waals surface area contributed by atoms with E-state index < -0.39 is 0 Å². The molecule has 0 unspecified atom stereocenters. The van der Waals surface area contributed by atoms with Gasteiger partial charge in [-0.15, -0.1) is 0 Å². The highest BCUT2D eigenvalue weighted by atomic mass is 16.4. The molecule has 1 fully saturated rings. The minimum absolute atomic E-state index is 0.225. The van der Waals surface area contributed by atoms with Gasteiger partial charge in [0.2, 0.25) is 0 Å². The van der Waals surface area contributed by atoms with Crippen molar-refractivity contribution in [3.05, 3.63) is 34.3 Å². The van der Waals surface area contributed by atoms with Crippen molar-refractivity contribution in [3.8, 4) is 0 Å². The first kappa shape index (κ1) is 10.6. The molecule has 1 aromatic heterocycles. The number of nitrogens with zero attached hydrogens (tertiary/aromatic N) is 1. The molecule has 1 saturated heterocycles. The van der Waals surface area contributed by atoms with Crippen LogP contribution in [-0.2, 0) is 0 Å². The summed E-state index contributed by atoms with van der Waals surface area (Å²) in [7, 11) is 0. The van der Waals surface area contributed by atoms with Gasteiger partial charge in [-0.3, -0.25) is 4.57 Å². The zero-order valence-electron chi connectivity index (χ0n) is 9.90. The number of fused-ring (bicyclic) bond motifs is 1. The van der Waals surface area contributed by atoms with Crippen molar-refractivity contribution in [2.45, 2.75) is 25.8 Å². The fraction of sp³-hybridized carbons (Fsp3) is 0.462. The maximum Gasteiger partial charge on any atom is 0.420 e. The number of benzene rings is 1. The lowest BCUT2D eigenvalue weighted by molar-refractivity contribution is 0.349. The first-order chi connectivity index (χ1) is 8.25. The van der Waals surface area contributed by atoms with E-state index in [1.165, 1.54) is 0 Å². The second kappa shape index (κ2) is 4.04. The second-order valence-corrected chi connectivity index (χ2v) is 4.69. The van der Waals surface area contributed by atoms with E-state index in [1.54, 1.807) is 0 Å². The minimum Gasteiger partial charge on any atom is -0.408 e. The zero-order chi connectivity index (χ0) is 11.8. The van der Waals surface area contributed by atoms with Crippen LogP contribution in [0.2, 0.25) is 0 Å². The fourth-order valence-electron chi connectivity index (χ4n) is 2.55. The second-order valence-electron chi connectivity index (χ2n) is 4.69. The molecule has 1 aliphatic rings. The van der Waals surface area contributed by atoms with Gasteiger partial charge in [-0.25, -0.2) is 4.79 Å². The molecule has 0 spiro atoms. The van der Waals surface area contributed by atoms with E-state index in [4.69, 9.17) is 4.42 Å². The van der Waals surface area contributed by atoms with E-state index in [1.807, 2.05) is 29.7 Å². The van der Waals surface area contributed by atoms with Gasteiger partial charge in [0, 0.05) is 6.04 Å². The van der Waals surface area contributed by atoms with Gasteiger partial charge in [-0.1, -0.05) is 6.07 Å². The zero-order valence-corrected chi connectivity index (χ0v) is 9.90. The van der Waals surface area contributed by atoms with Gasteiger partial charge in [-0.05, 0) is 50.6 Å². The van der Waals surface area contributed by atoms with Gasteiger partial charge >= 0.3 is 5.76 Å². The number of hydrogen-bond acceptors (Lipinski definition) is 3. The van der Waals surface area contributed by atoms with Crippen molar-refractivity contribution >= 4 is 11.1 Å². The number of rotatable bonds is 1. The van der Waals surface area contributed by atoms with Crippen LogP contribution >= 0.6 is 0 Å². The Morgan fingerprint density at radius 3 is 2.88 bits per heavy atom. The number of oxazole rings is 1. The predicted octanol–water partition coefficient (Wildman–Crippen LogP) is 1.83. The molecule has 2 aromatic rings. The summed E-state index contributed by atoms with van der Waals surface area (Å²) in [6, 6.07) is 6.20. The molecule has 0 aliphatic carbocycles. The van der Waals surface area contributed by atoms with E-state index in [9.17, 15) is 4.79 Å². The van der Waals surface area contributed by atoms with Crippen LogP contribution in [0.1, 0.15) is 24.4 Å². The van der Waals surface area contributed by atoms with Gasteiger partial charge in [0.1, 0.15) is 0 Å². The Morgan fingerprint density at radius 2 is 2.12 bits per heavy atom. The molecule has 4 nitrogen and oxygen atoms in total. The average Bonchev–Trinajstić information content (AvgIpc) is 2.65. The predicted molar refractivity (Wildman–Crippen MR) is 66.4 cm³/mol. The molecule has 4 heteroatoms. The van der Waals surface area contributed by atoms with Crippen LogP contribution in [0.5, 0.6) is 0 Å². The molecule has 3 rings (SSSR count). The lowest BCUT2D eigenvalue weighted by atomic mass is 10.1. The molecule has 0 amide bonds. The highest BCUT2D eigenvalue weighted by molar-refractivity contribution is 5.73. The molecule has 1 N–H and O–H groups in total. The van der Waals surface area contributed by atoms with E-state index in [-0.39, 0.29) is 11.8 Å². The molecule has 0 atom stereocenters. The molecule has 1 aromatic carbocycles. The fourth-order valence-corrected chi connectivity index (χ4v) is 2.55. The number of nitrogens with one attached hydrogen (secondary N) is 1. The van der Waals surface area contributed by atoms with E-state index in [2.05, 4.69) is 5.32 Å². The van der Waals surface area contributed by atoms with Crippen molar-refractivity contribution < 1.29 is 4.42 Å². The lowest BCUT2D eigenvalue weighted by Crippen LogP contribution is -2.32. The molecule has 90 valence electrons. The van der Waals surface area contributed by atoms with Gasteiger partial charge < -0.3 is 9.73 Å². The summed E-state index contributed by atoms with van der Waals surface area (Å²) in [4.78, 5) is 11.9. The Morgan fingerprint density at radius 1 is 1.35 bits per heavy atom. The number of hydrogen-bond donors (Lipinski definition) is 1. The Hall–Kier alpha value is -1.55. The maximum absolute atomic E-state index is 11.9. The quantitative estimate of drug-likeness (QED) is 0.816. The third-order valence-electron chi connectivity index (χ3n) is 3.44. The Labute approximate surface area is 99.2 Å². The summed E-state index contributed by atoms with van der Waals surface area (Å²) in [5.74, 6) is -0.225. The highest BCUT2D eigenvalue weighted by Crippen LogP contribution is 2.23. The topological polar surface area (TPSA) is 47.2 Å². The monoisotopic (exact) mass is 232 g/mol. The number of aryl methyl sites for hydroxylation is 1. The average molecular weight is 232 g/mol. The first-order valence-corrected chi connectivity index (χ1v) is 6.08. The molecule has 2 heterocycles. The highest BCUT2D eigenvalue weighted by Gasteiger charge is 2.20. The van der Waals surface area contributed by atoms with Crippen LogP contribution in [0.15, 0.2) is 27.4 Å². The Bertz CT molecular complexity index is 591. The molecule has 0 saturated carbocycles. The molecular weight excluding hydrogens is 216 g/mol.